The number of anilines is 4. The lowest BCUT2D eigenvalue weighted by Crippen LogP contribution is -2.26. The fraction of sp³-hybridized carbons (Fsp3) is 0.245. The van der Waals surface area contributed by atoms with Crippen molar-refractivity contribution in [3.05, 3.63) is 176 Å². The van der Waals surface area contributed by atoms with Gasteiger partial charge in [0.2, 0.25) is 0 Å². The number of aliphatic hydroxyl groups excluding tert-OH is 3. The SMILES string of the molecule is Cn1cnc2c(F)c(Nc3ccc(Br)cc3Cl)c(C(=O)COCCO)cc21.O=C(COC[C@H](O)CO)c1ccc(F)c(F)c1Cc1ccc(I)cc1F.O=C(NOCC1CC1)c1ccc(F)c(F)c1Nc1ccc(I)cc1Cl. The summed E-state index contributed by atoms with van der Waals surface area (Å²) in [7, 11) is 1.71. The molecular formula is C53H46BrCl2F6I2N5O9. The van der Waals surface area contributed by atoms with Crippen molar-refractivity contribution in [1.82, 2.24) is 15.0 Å². The van der Waals surface area contributed by atoms with Crippen LogP contribution in [-0.4, -0.2) is 94.7 Å². The number of rotatable bonds is 21. The van der Waals surface area contributed by atoms with Crippen molar-refractivity contribution in [3.8, 4) is 0 Å². The number of ketones is 2. The first kappa shape index (κ1) is 62.3. The lowest BCUT2D eigenvalue weighted by atomic mass is 9.96. The number of Topliss-reactive ketones (excluding diaryl/α,β-unsaturated/α-hetero) is 2. The number of nitrogens with one attached hydrogen (secondary N) is 3. The molecule has 6 N–H and O–H groups in total. The van der Waals surface area contributed by atoms with Gasteiger partial charge in [0.15, 0.2) is 40.7 Å². The third-order valence-electron chi connectivity index (χ3n) is 11.3. The van der Waals surface area contributed by atoms with Gasteiger partial charge in [0.1, 0.15) is 30.7 Å². The summed E-state index contributed by atoms with van der Waals surface area (Å²) in [5.41, 5.74) is 3.14. The molecule has 78 heavy (non-hydrogen) atoms. The van der Waals surface area contributed by atoms with Gasteiger partial charge in [-0.1, -0.05) is 45.2 Å². The zero-order valence-electron chi connectivity index (χ0n) is 40.7. The second-order valence-electron chi connectivity index (χ2n) is 17.1. The van der Waals surface area contributed by atoms with Crippen molar-refractivity contribution in [2.75, 3.05) is 56.9 Å². The van der Waals surface area contributed by atoms with E-state index >= 15 is 4.39 Å². The van der Waals surface area contributed by atoms with E-state index < -0.39 is 71.7 Å². The molecule has 1 amide bonds. The normalized spacial score (nSPS) is 12.3. The molecular weight excluding hydrogens is 1370 g/mol. The summed E-state index contributed by atoms with van der Waals surface area (Å²) < 4.78 is 99.0. The summed E-state index contributed by atoms with van der Waals surface area (Å²) in [6, 6.07) is 20.0. The standard InChI is InChI=1S/C18H16BrClFN3O3.C18H16F3IO4.C17H14ClF2IN2O2/c1-24-9-22-18-14(24)7-11(15(26)8-27-5-4-25)17(16(18)21)23-13-3-2-10(19)6-12(13)20;19-15-4-3-13(17(25)9-26-8-12(24)7-23)14(18(15)21)5-10-1-2-11(22)6-16(10)20;18-12-7-10(21)3-6-14(12)22-16-11(4-5-13(19)15(16)20)17(24)23-25-8-9-1-2-9/h2-3,6-7,9,23,25H,4-5,8H2,1H3;1-4,6,12,23-24H,5,7-9H2;3-7,9,22H,1-2,8H2,(H,23,24)/t;12-;/m.1./s1. The maximum absolute atomic E-state index is 15.2. The predicted octanol–water partition coefficient (Wildman–Crippen LogP) is 12.0. The van der Waals surface area contributed by atoms with Crippen LogP contribution in [-0.2, 0) is 27.8 Å². The van der Waals surface area contributed by atoms with Crippen LogP contribution in [0.2, 0.25) is 10.0 Å². The molecule has 1 heterocycles. The minimum atomic E-state index is -1.22. The molecule has 414 valence electrons. The maximum atomic E-state index is 15.2. The molecule has 0 saturated heterocycles. The maximum Gasteiger partial charge on any atom is 0.277 e. The fourth-order valence-electron chi connectivity index (χ4n) is 7.05. The average Bonchev–Trinajstić information content (AvgIpc) is 4.16. The summed E-state index contributed by atoms with van der Waals surface area (Å²) in [6.45, 7) is -1.38. The van der Waals surface area contributed by atoms with Gasteiger partial charge in [0.25, 0.3) is 5.91 Å². The molecule has 1 saturated carbocycles. The summed E-state index contributed by atoms with van der Waals surface area (Å²) >= 11 is 19.7. The van der Waals surface area contributed by atoms with Gasteiger partial charge in [-0.15, -0.1) is 0 Å². The van der Waals surface area contributed by atoms with Gasteiger partial charge in [-0.25, -0.2) is 36.8 Å². The van der Waals surface area contributed by atoms with Crippen LogP contribution in [0, 0.1) is 48.0 Å². The van der Waals surface area contributed by atoms with Gasteiger partial charge in [0.05, 0.1) is 83.2 Å². The monoisotopic (exact) mass is 1410 g/mol. The molecule has 1 fully saturated rings. The number of aliphatic hydroxyl groups is 3. The molecule has 8 rings (SSSR count). The highest BCUT2D eigenvalue weighted by Gasteiger charge is 2.26. The topological polar surface area (TPSA) is 194 Å². The van der Waals surface area contributed by atoms with Gasteiger partial charge in [-0.2, -0.15) is 0 Å². The lowest BCUT2D eigenvalue weighted by molar-refractivity contribution is 0.00893. The Kier molecular flexibility index (Phi) is 23.5. The number of hydroxylamine groups is 1. The predicted molar refractivity (Wildman–Crippen MR) is 302 cm³/mol. The first-order valence-electron chi connectivity index (χ1n) is 23.2. The highest BCUT2D eigenvalue weighted by molar-refractivity contribution is 14.1. The van der Waals surface area contributed by atoms with Crippen molar-refractivity contribution in [2.24, 2.45) is 13.0 Å². The number of imidazole rings is 1. The van der Waals surface area contributed by atoms with Gasteiger partial charge in [-0.3, -0.25) is 19.2 Å². The van der Waals surface area contributed by atoms with E-state index in [1.54, 1.807) is 60.1 Å². The van der Waals surface area contributed by atoms with Crippen LogP contribution in [0.3, 0.4) is 0 Å². The van der Waals surface area contributed by atoms with E-state index in [2.05, 4.69) is 59.6 Å². The van der Waals surface area contributed by atoms with Crippen molar-refractivity contribution in [3.63, 3.8) is 0 Å². The molecule has 1 aromatic heterocycles. The summed E-state index contributed by atoms with van der Waals surface area (Å²) in [4.78, 5) is 46.3. The number of carbonyl (C=O) groups is 3. The number of hydrogen-bond acceptors (Lipinski definition) is 12. The quantitative estimate of drug-likeness (QED) is 0.0131. The third kappa shape index (κ3) is 17.0. The van der Waals surface area contributed by atoms with E-state index in [-0.39, 0.29) is 77.6 Å². The van der Waals surface area contributed by atoms with Crippen LogP contribution in [0.4, 0.5) is 49.1 Å². The van der Waals surface area contributed by atoms with Crippen molar-refractivity contribution < 1.29 is 70.4 Å². The van der Waals surface area contributed by atoms with Crippen LogP contribution < -0.4 is 16.1 Å². The van der Waals surface area contributed by atoms with Crippen molar-refractivity contribution in [1.29, 1.82) is 0 Å². The molecule has 7 aromatic rings. The van der Waals surface area contributed by atoms with Crippen LogP contribution in [0.25, 0.3) is 11.0 Å². The van der Waals surface area contributed by atoms with E-state index in [1.165, 1.54) is 24.5 Å². The van der Waals surface area contributed by atoms with Crippen LogP contribution in [0.15, 0.2) is 95.7 Å². The zero-order valence-corrected chi connectivity index (χ0v) is 48.1. The largest absolute Gasteiger partial charge is 0.394 e. The molecule has 1 aliphatic carbocycles. The number of halogens is 11. The van der Waals surface area contributed by atoms with E-state index in [1.807, 2.05) is 22.6 Å². The second-order valence-corrected chi connectivity index (χ2v) is 21.3. The molecule has 6 aromatic carbocycles. The Labute approximate surface area is 488 Å². The molecule has 1 atom stereocenters. The Bertz CT molecular complexity index is 3310. The van der Waals surface area contributed by atoms with E-state index in [0.717, 1.165) is 39.1 Å². The number of carbonyl (C=O) groups excluding carboxylic acids is 3. The lowest BCUT2D eigenvalue weighted by Gasteiger charge is -2.15. The van der Waals surface area contributed by atoms with Crippen molar-refractivity contribution in [2.45, 2.75) is 25.4 Å². The number of aryl methyl sites for hydroxylation is 1. The molecule has 0 bridgehead atoms. The number of ether oxygens (including phenoxy) is 2. The van der Waals surface area contributed by atoms with E-state index in [9.17, 15) is 41.4 Å². The Hall–Kier alpha value is -4.94. The Morgan fingerprint density at radius 3 is 2.00 bits per heavy atom. The van der Waals surface area contributed by atoms with Crippen LogP contribution >= 0.6 is 84.3 Å². The number of amides is 1. The molecule has 25 heteroatoms. The van der Waals surface area contributed by atoms with Crippen LogP contribution in [0.5, 0.6) is 0 Å². The number of fused-ring (bicyclic) bond motifs is 1. The van der Waals surface area contributed by atoms with E-state index in [4.69, 9.17) is 47.7 Å². The highest BCUT2D eigenvalue weighted by Crippen LogP contribution is 2.36. The summed E-state index contributed by atoms with van der Waals surface area (Å²) in [5.74, 6) is -7.11. The minimum absolute atomic E-state index is 0.0173. The minimum Gasteiger partial charge on any atom is -0.394 e. The van der Waals surface area contributed by atoms with Gasteiger partial charge in [-0.05, 0) is 148 Å². The first-order valence-corrected chi connectivity index (χ1v) is 26.9. The molecule has 0 spiro atoms. The molecule has 0 aliphatic heterocycles. The first-order chi connectivity index (χ1) is 37.2. The van der Waals surface area contributed by atoms with Gasteiger partial charge < -0.3 is 40.0 Å². The number of aromatic nitrogens is 2. The smallest absolute Gasteiger partial charge is 0.277 e. The molecule has 1 aliphatic rings. The number of benzene rings is 6. The zero-order chi connectivity index (χ0) is 56.8. The Morgan fingerprint density at radius 2 is 1.36 bits per heavy atom. The number of hydrogen-bond donors (Lipinski definition) is 6. The number of nitrogens with zero attached hydrogens (tertiary/aromatic N) is 2. The van der Waals surface area contributed by atoms with E-state index in [0.29, 0.717) is 43.0 Å². The molecule has 0 radical (unpaired) electrons. The highest BCUT2D eigenvalue weighted by atomic mass is 127. The third-order valence-corrected chi connectivity index (χ3v) is 13.7. The average molecular weight is 1420 g/mol. The van der Waals surface area contributed by atoms with Gasteiger partial charge in [0, 0.05) is 41.8 Å². The molecule has 0 unspecified atom stereocenters. The Balaban J connectivity index is 0.000000189. The fourth-order valence-corrected chi connectivity index (χ4v) is 9.13. The van der Waals surface area contributed by atoms with Crippen molar-refractivity contribution >= 4 is 136 Å². The second kappa shape index (κ2) is 29.5. The molecule has 14 nitrogen and oxygen atoms in total. The summed E-state index contributed by atoms with van der Waals surface area (Å²) in [6.07, 6.45) is 2.17. The van der Waals surface area contributed by atoms with Crippen LogP contribution in [0.1, 0.15) is 55.0 Å². The summed E-state index contributed by atoms with van der Waals surface area (Å²) in [5, 5.41) is 33.0. The van der Waals surface area contributed by atoms with Gasteiger partial charge >= 0.3 is 0 Å². The Morgan fingerprint density at radius 1 is 0.756 bits per heavy atom.